The molecule has 1 aliphatic carbocycles. The van der Waals surface area contributed by atoms with Crippen LogP contribution in [-0.4, -0.2) is 14.5 Å². The van der Waals surface area contributed by atoms with Crippen LogP contribution < -0.4 is 0 Å². The fourth-order valence-electron chi connectivity index (χ4n) is 3.53. The molecule has 0 radical (unpaired) electrons. The highest BCUT2D eigenvalue weighted by molar-refractivity contribution is 7.71. The van der Waals surface area contributed by atoms with Crippen molar-refractivity contribution in [3.8, 4) is 0 Å². The molecule has 2 aromatic rings. The Labute approximate surface area is 129 Å². The number of imidazole rings is 1. The van der Waals surface area contributed by atoms with Crippen LogP contribution in [0.5, 0.6) is 0 Å². The molecule has 0 spiro atoms. The molecule has 0 aromatic carbocycles. The minimum absolute atomic E-state index is 0.457. The number of fused-ring (bicyclic) bond motifs is 1. The Bertz CT molecular complexity index is 673. The molecular weight excluding hydrogens is 290 g/mol. The second-order valence-electron chi connectivity index (χ2n) is 6.08. The van der Waals surface area contributed by atoms with Crippen LogP contribution in [0.2, 0.25) is 5.02 Å². The number of aromatic amines is 1. The summed E-state index contributed by atoms with van der Waals surface area (Å²) in [5.74, 6) is 1.34. The van der Waals surface area contributed by atoms with E-state index in [1.54, 1.807) is 6.20 Å². The summed E-state index contributed by atoms with van der Waals surface area (Å²) in [6.07, 6.45) is 6.78. The van der Waals surface area contributed by atoms with E-state index >= 15 is 0 Å². The molecule has 108 valence electrons. The quantitative estimate of drug-likeness (QED) is 0.780. The van der Waals surface area contributed by atoms with Gasteiger partial charge < -0.3 is 4.98 Å². The minimum Gasteiger partial charge on any atom is -0.329 e. The number of nitrogens with zero attached hydrogens (tertiary/aromatic N) is 2. The van der Waals surface area contributed by atoms with Crippen molar-refractivity contribution in [3.63, 3.8) is 0 Å². The highest BCUT2D eigenvalue weighted by Gasteiger charge is 2.30. The monoisotopic (exact) mass is 309 g/mol. The van der Waals surface area contributed by atoms with Gasteiger partial charge in [-0.2, -0.15) is 0 Å². The lowest BCUT2D eigenvalue weighted by Gasteiger charge is -2.35. The standard InChI is InChI=1S/C15H20ClN3S/c1-9(2)11-5-3-4-6-13(11)19-14-12(18-15(19)20)7-10(16)8-17-14/h7-9,11,13H,3-6H2,1-2H3,(H,18,20). The molecule has 1 saturated carbocycles. The van der Waals surface area contributed by atoms with Crippen LogP contribution in [0.15, 0.2) is 12.3 Å². The predicted molar refractivity (Wildman–Crippen MR) is 85.8 cm³/mol. The normalized spacial score (nSPS) is 23.6. The Morgan fingerprint density at radius 2 is 2.15 bits per heavy atom. The van der Waals surface area contributed by atoms with Gasteiger partial charge in [0.2, 0.25) is 0 Å². The van der Waals surface area contributed by atoms with Gasteiger partial charge in [-0.15, -0.1) is 0 Å². The molecule has 1 aliphatic rings. The van der Waals surface area contributed by atoms with Crippen molar-refractivity contribution in [2.45, 2.75) is 45.6 Å². The average Bonchev–Trinajstić information content (AvgIpc) is 2.73. The summed E-state index contributed by atoms with van der Waals surface area (Å²) < 4.78 is 3.00. The summed E-state index contributed by atoms with van der Waals surface area (Å²) >= 11 is 11.6. The number of pyridine rings is 1. The summed E-state index contributed by atoms with van der Waals surface area (Å²) in [4.78, 5) is 7.76. The highest BCUT2D eigenvalue weighted by atomic mass is 35.5. The number of hydrogen-bond acceptors (Lipinski definition) is 2. The van der Waals surface area contributed by atoms with Crippen LogP contribution >= 0.6 is 23.8 Å². The van der Waals surface area contributed by atoms with Gasteiger partial charge in [0.15, 0.2) is 10.4 Å². The number of halogens is 1. The van der Waals surface area contributed by atoms with E-state index in [9.17, 15) is 0 Å². The van der Waals surface area contributed by atoms with Gasteiger partial charge in [-0.25, -0.2) is 4.98 Å². The molecule has 20 heavy (non-hydrogen) atoms. The zero-order valence-electron chi connectivity index (χ0n) is 11.9. The van der Waals surface area contributed by atoms with E-state index in [0.29, 0.717) is 22.9 Å². The summed E-state index contributed by atoms with van der Waals surface area (Å²) in [5, 5.41) is 0.643. The molecule has 0 saturated heterocycles. The summed E-state index contributed by atoms with van der Waals surface area (Å²) in [7, 11) is 0. The molecule has 2 atom stereocenters. The molecule has 2 heterocycles. The van der Waals surface area contributed by atoms with E-state index in [-0.39, 0.29) is 0 Å². The zero-order chi connectivity index (χ0) is 14.3. The number of nitrogens with one attached hydrogen (secondary N) is 1. The number of aromatic nitrogens is 3. The third-order valence-electron chi connectivity index (χ3n) is 4.49. The second kappa shape index (κ2) is 5.49. The molecule has 2 unspecified atom stereocenters. The molecule has 2 aromatic heterocycles. The van der Waals surface area contributed by atoms with Crippen LogP contribution in [-0.2, 0) is 0 Å². The lowest BCUT2D eigenvalue weighted by atomic mass is 9.77. The Morgan fingerprint density at radius 1 is 1.40 bits per heavy atom. The third kappa shape index (κ3) is 2.40. The maximum atomic E-state index is 6.02. The van der Waals surface area contributed by atoms with E-state index in [1.165, 1.54) is 25.7 Å². The van der Waals surface area contributed by atoms with Crippen LogP contribution in [0.25, 0.3) is 11.2 Å². The van der Waals surface area contributed by atoms with E-state index in [1.807, 2.05) is 6.07 Å². The first kappa shape index (κ1) is 14.1. The van der Waals surface area contributed by atoms with Gasteiger partial charge >= 0.3 is 0 Å². The van der Waals surface area contributed by atoms with E-state index in [2.05, 4.69) is 28.4 Å². The van der Waals surface area contributed by atoms with Crippen LogP contribution in [0.3, 0.4) is 0 Å². The molecule has 1 fully saturated rings. The van der Waals surface area contributed by atoms with Crippen molar-refractivity contribution < 1.29 is 0 Å². The van der Waals surface area contributed by atoms with Crippen molar-refractivity contribution in [2.75, 3.05) is 0 Å². The summed E-state index contributed by atoms with van der Waals surface area (Å²) in [6.45, 7) is 4.62. The molecule has 0 amide bonds. The van der Waals surface area contributed by atoms with Gasteiger partial charge in [0.05, 0.1) is 10.5 Å². The van der Waals surface area contributed by atoms with Crippen molar-refractivity contribution in [3.05, 3.63) is 22.1 Å². The highest BCUT2D eigenvalue weighted by Crippen LogP contribution is 2.39. The van der Waals surface area contributed by atoms with E-state index < -0.39 is 0 Å². The average molecular weight is 310 g/mol. The van der Waals surface area contributed by atoms with Crippen molar-refractivity contribution in [1.82, 2.24) is 14.5 Å². The number of hydrogen-bond donors (Lipinski definition) is 1. The maximum absolute atomic E-state index is 6.02. The van der Waals surface area contributed by atoms with Crippen LogP contribution in [0.4, 0.5) is 0 Å². The fraction of sp³-hybridized carbons (Fsp3) is 0.600. The number of rotatable bonds is 2. The van der Waals surface area contributed by atoms with E-state index in [4.69, 9.17) is 23.8 Å². The van der Waals surface area contributed by atoms with Crippen molar-refractivity contribution >= 4 is 35.0 Å². The molecule has 3 rings (SSSR count). The van der Waals surface area contributed by atoms with Gasteiger partial charge in [0, 0.05) is 12.2 Å². The van der Waals surface area contributed by atoms with Crippen LogP contribution in [0, 0.1) is 16.6 Å². The third-order valence-corrected chi connectivity index (χ3v) is 5.00. The Hall–Kier alpha value is -0.870. The lowest BCUT2D eigenvalue weighted by Crippen LogP contribution is -2.27. The molecule has 0 bridgehead atoms. The molecule has 5 heteroatoms. The fourth-order valence-corrected chi connectivity index (χ4v) is 4.02. The topological polar surface area (TPSA) is 33.6 Å². The SMILES string of the molecule is CC(C)C1CCCCC1n1c(=S)[nH]c2cc(Cl)cnc21. The van der Waals surface area contributed by atoms with E-state index in [0.717, 1.165) is 15.9 Å². The maximum Gasteiger partial charge on any atom is 0.179 e. The summed E-state index contributed by atoms with van der Waals surface area (Å²) in [5.41, 5.74) is 1.88. The van der Waals surface area contributed by atoms with Crippen LogP contribution in [0.1, 0.15) is 45.6 Å². The van der Waals surface area contributed by atoms with Crippen molar-refractivity contribution in [1.29, 1.82) is 0 Å². The second-order valence-corrected chi connectivity index (χ2v) is 6.91. The Morgan fingerprint density at radius 3 is 2.90 bits per heavy atom. The number of H-pyrrole nitrogens is 1. The lowest BCUT2D eigenvalue weighted by molar-refractivity contribution is 0.186. The molecule has 0 aliphatic heterocycles. The Balaban J connectivity index is 2.12. The molecular formula is C15H20ClN3S. The zero-order valence-corrected chi connectivity index (χ0v) is 13.5. The molecule has 1 N–H and O–H groups in total. The first-order valence-electron chi connectivity index (χ1n) is 7.33. The first-order valence-corrected chi connectivity index (χ1v) is 8.12. The van der Waals surface area contributed by atoms with Gasteiger partial charge in [-0.1, -0.05) is 38.3 Å². The predicted octanol–water partition coefficient (Wildman–Crippen LogP) is 5.13. The van der Waals surface area contributed by atoms with Gasteiger partial charge in [0.1, 0.15) is 0 Å². The largest absolute Gasteiger partial charge is 0.329 e. The van der Waals surface area contributed by atoms with Crippen molar-refractivity contribution in [2.24, 2.45) is 11.8 Å². The minimum atomic E-state index is 0.457. The van der Waals surface area contributed by atoms with Gasteiger partial charge in [-0.05, 0) is 43.0 Å². The summed E-state index contributed by atoms with van der Waals surface area (Å²) in [6, 6.07) is 2.36. The van der Waals surface area contributed by atoms with Gasteiger partial charge in [-0.3, -0.25) is 4.57 Å². The molecule has 3 nitrogen and oxygen atoms in total. The smallest absolute Gasteiger partial charge is 0.179 e. The first-order chi connectivity index (χ1) is 9.58. The van der Waals surface area contributed by atoms with Gasteiger partial charge in [0.25, 0.3) is 0 Å². The Kier molecular flexibility index (Phi) is 3.87.